The second-order valence-corrected chi connectivity index (χ2v) is 8.45. The predicted octanol–water partition coefficient (Wildman–Crippen LogP) is 2.75. The number of rotatable bonds is 3. The number of fused-ring (bicyclic) bond motifs is 1. The number of urea groups is 1. The van der Waals surface area contributed by atoms with E-state index < -0.39 is 5.82 Å². The van der Waals surface area contributed by atoms with E-state index in [4.69, 9.17) is 0 Å². The highest BCUT2D eigenvalue weighted by Crippen LogP contribution is 2.34. The minimum absolute atomic E-state index is 0.0729. The van der Waals surface area contributed by atoms with Crippen LogP contribution in [0.1, 0.15) is 39.3 Å². The molecule has 8 nitrogen and oxygen atoms in total. The Morgan fingerprint density at radius 2 is 2.03 bits per heavy atom. The van der Waals surface area contributed by atoms with Gasteiger partial charge in [-0.3, -0.25) is 9.59 Å². The zero-order valence-electron chi connectivity index (χ0n) is 18.5. The summed E-state index contributed by atoms with van der Waals surface area (Å²) in [4.78, 5) is 44.0. The van der Waals surface area contributed by atoms with Gasteiger partial charge in [0.1, 0.15) is 5.82 Å². The average molecular weight is 439 g/mol. The highest BCUT2D eigenvalue weighted by molar-refractivity contribution is 6.34. The Bertz CT molecular complexity index is 1150. The molecule has 168 valence electrons. The van der Waals surface area contributed by atoms with E-state index >= 15 is 0 Å². The number of hydrogen-bond acceptors (Lipinski definition) is 3. The molecule has 1 saturated heterocycles. The van der Waals surface area contributed by atoms with Crippen molar-refractivity contribution in [3.8, 4) is 0 Å². The number of hydrogen-bond donors (Lipinski definition) is 3. The third-order valence-corrected chi connectivity index (χ3v) is 5.93. The van der Waals surface area contributed by atoms with Crippen LogP contribution in [0.3, 0.4) is 0 Å². The van der Waals surface area contributed by atoms with Gasteiger partial charge in [-0.15, -0.1) is 0 Å². The van der Waals surface area contributed by atoms with E-state index in [0.29, 0.717) is 58.8 Å². The number of carbonyl (C=O) groups excluding carboxylic acids is 3. The van der Waals surface area contributed by atoms with E-state index in [2.05, 4.69) is 15.6 Å². The molecule has 4 rings (SSSR count). The maximum Gasteiger partial charge on any atom is 0.319 e. The largest absolute Gasteiger partial charge is 0.358 e. The smallest absolute Gasteiger partial charge is 0.319 e. The number of nitrogens with one attached hydrogen (secondary N) is 3. The van der Waals surface area contributed by atoms with Gasteiger partial charge >= 0.3 is 6.03 Å². The number of amides is 4. The van der Waals surface area contributed by atoms with Gasteiger partial charge in [-0.1, -0.05) is 0 Å². The van der Waals surface area contributed by atoms with E-state index in [1.165, 1.54) is 23.1 Å². The first-order valence-electron chi connectivity index (χ1n) is 10.4. The van der Waals surface area contributed by atoms with Gasteiger partial charge in [-0.25, -0.2) is 9.18 Å². The first-order chi connectivity index (χ1) is 15.2. The molecule has 32 heavy (non-hydrogen) atoms. The van der Waals surface area contributed by atoms with E-state index in [-0.39, 0.29) is 23.9 Å². The van der Waals surface area contributed by atoms with Crippen LogP contribution in [0.5, 0.6) is 0 Å². The Kier molecular flexibility index (Phi) is 5.50. The Morgan fingerprint density at radius 3 is 2.75 bits per heavy atom. The fraction of sp³-hybridized carbons (Fsp3) is 0.348. The van der Waals surface area contributed by atoms with Crippen molar-refractivity contribution in [3.63, 3.8) is 0 Å². The van der Waals surface area contributed by atoms with Gasteiger partial charge in [0.15, 0.2) is 0 Å². The molecule has 0 saturated carbocycles. The molecule has 2 aromatic rings. The van der Waals surface area contributed by atoms with Gasteiger partial charge in [0.25, 0.3) is 11.8 Å². The van der Waals surface area contributed by atoms with E-state index in [9.17, 15) is 18.8 Å². The average Bonchev–Trinajstić information content (AvgIpc) is 3.38. The van der Waals surface area contributed by atoms with Crippen molar-refractivity contribution in [3.05, 3.63) is 52.1 Å². The predicted molar refractivity (Wildman–Crippen MR) is 120 cm³/mol. The summed E-state index contributed by atoms with van der Waals surface area (Å²) < 4.78 is 13.7. The van der Waals surface area contributed by atoms with Crippen molar-refractivity contribution in [2.75, 3.05) is 32.5 Å². The maximum atomic E-state index is 13.7. The van der Waals surface area contributed by atoms with E-state index in [0.717, 1.165) is 0 Å². The number of carbonyl (C=O) groups is 3. The van der Waals surface area contributed by atoms with Crippen molar-refractivity contribution in [1.29, 1.82) is 0 Å². The number of benzene rings is 1. The molecule has 0 bridgehead atoms. The zero-order valence-corrected chi connectivity index (χ0v) is 18.5. The molecule has 0 spiro atoms. The molecule has 1 fully saturated rings. The second-order valence-electron chi connectivity index (χ2n) is 8.45. The van der Waals surface area contributed by atoms with E-state index in [1.54, 1.807) is 38.9 Å². The summed E-state index contributed by atoms with van der Waals surface area (Å²) in [5, 5.41) is 5.74. The molecule has 1 atom stereocenters. The second kappa shape index (κ2) is 8.14. The number of likely N-dealkylation sites (tertiary alicyclic amines) is 1. The number of nitrogens with zero attached hydrogens (tertiary/aromatic N) is 2. The molecule has 3 heterocycles. The van der Waals surface area contributed by atoms with Crippen molar-refractivity contribution >= 4 is 35.2 Å². The number of aromatic amines is 1. The molecule has 1 unspecified atom stereocenters. The standard InChI is InChI=1S/C23H26FN5O3/c1-12-19(10-17-16-9-14(24)5-6-18(16)27-21(17)30)25-13(2)20(12)22(31)26-15-7-8-29(11-15)23(32)28(3)4/h5-6,9-10,15,25H,7-8,11H2,1-4H3,(H,26,31)(H,27,30)/b17-10+. The van der Waals surface area contributed by atoms with Gasteiger partial charge in [-0.2, -0.15) is 0 Å². The number of aryl methyl sites for hydroxylation is 1. The summed E-state index contributed by atoms with van der Waals surface area (Å²) in [6.45, 7) is 4.66. The molecular formula is C23H26FN5O3. The summed E-state index contributed by atoms with van der Waals surface area (Å²) in [5.41, 5.74) is 3.87. The van der Waals surface area contributed by atoms with Crippen LogP contribution in [0.4, 0.5) is 14.9 Å². The Balaban J connectivity index is 1.55. The highest BCUT2D eigenvalue weighted by Gasteiger charge is 2.30. The van der Waals surface area contributed by atoms with Gasteiger partial charge in [-0.05, 0) is 50.1 Å². The summed E-state index contributed by atoms with van der Waals surface area (Å²) in [6, 6.07) is 3.94. The van der Waals surface area contributed by atoms with Crippen LogP contribution in [0.25, 0.3) is 11.6 Å². The molecule has 3 N–H and O–H groups in total. The van der Waals surface area contributed by atoms with Crippen LogP contribution in [0.2, 0.25) is 0 Å². The minimum atomic E-state index is -0.427. The molecule has 0 aliphatic carbocycles. The van der Waals surface area contributed by atoms with Crippen LogP contribution < -0.4 is 10.6 Å². The van der Waals surface area contributed by atoms with Crippen LogP contribution in [-0.2, 0) is 4.79 Å². The molecule has 0 radical (unpaired) electrons. The molecule has 4 amide bonds. The Hall–Kier alpha value is -3.62. The molecule has 9 heteroatoms. The highest BCUT2D eigenvalue weighted by atomic mass is 19.1. The lowest BCUT2D eigenvalue weighted by atomic mass is 10.0. The fourth-order valence-electron chi connectivity index (χ4n) is 4.30. The lowest BCUT2D eigenvalue weighted by Gasteiger charge is -2.21. The summed E-state index contributed by atoms with van der Waals surface area (Å²) in [5.74, 6) is -0.976. The normalized spacial score (nSPS) is 18.7. The fourth-order valence-corrected chi connectivity index (χ4v) is 4.30. The number of aromatic nitrogens is 1. The topological polar surface area (TPSA) is 97.5 Å². The maximum absolute atomic E-state index is 13.7. The first-order valence-corrected chi connectivity index (χ1v) is 10.4. The van der Waals surface area contributed by atoms with Crippen LogP contribution in [-0.4, -0.2) is 65.9 Å². The quantitative estimate of drug-likeness (QED) is 0.642. The number of halogens is 1. The summed E-state index contributed by atoms with van der Waals surface area (Å²) in [7, 11) is 3.41. The molecular weight excluding hydrogens is 413 g/mol. The summed E-state index contributed by atoms with van der Waals surface area (Å²) >= 11 is 0. The van der Waals surface area contributed by atoms with Gasteiger partial charge in [0.05, 0.1) is 11.1 Å². The van der Waals surface area contributed by atoms with Crippen LogP contribution in [0, 0.1) is 19.7 Å². The van der Waals surface area contributed by atoms with E-state index in [1.807, 2.05) is 0 Å². The van der Waals surface area contributed by atoms with Crippen molar-refractivity contribution in [1.82, 2.24) is 20.1 Å². The van der Waals surface area contributed by atoms with Crippen LogP contribution >= 0.6 is 0 Å². The van der Waals surface area contributed by atoms with Crippen molar-refractivity contribution in [2.45, 2.75) is 26.3 Å². The Morgan fingerprint density at radius 1 is 1.28 bits per heavy atom. The minimum Gasteiger partial charge on any atom is -0.358 e. The van der Waals surface area contributed by atoms with Crippen LogP contribution in [0.15, 0.2) is 18.2 Å². The molecule has 1 aromatic carbocycles. The monoisotopic (exact) mass is 439 g/mol. The summed E-state index contributed by atoms with van der Waals surface area (Å²) in [6.07, 6.45) is 2.33. The van der Waals surface area contributed by atoms with Gasteiger partial charge in [0.2, 0.25) is 0 Å². The van der Waals surface area contributed by atoms with Crippen molar-refractivity contribution in [2.24, 2.45) is 0 Å². The number of anilines is 1. The number of H-pyrrole nitrogens is 1. The third-order valence-electron chi connectivity index (χ3n) is 5.93. The van der Waals surface area contributed by atoms with Gasteiger partial charge in [0, 0.05) is 55.9 Å². The lowest BCUT2D eigenvalue weighted by Crippen LogP contribution is -2.41. The van der Waals surface area contributed by atoms with Gasteiger partial charge < -0.3 is 25.4 Å². The van der Waals surface area contributed by atoms with Crippen molar-refractivity contribution < 1.29 is 18.8 Å². The Labute approximate surface area is 185 Å². The molecule has 2 aliphatic rings. The third kappa shape index (κ3) is 3.86. The SMILES string of the molecule is Cc1[nH]c(/C=C2/C(=O)Nc3ccc(F)cc32)c(C)c1C(=O)NC1CCN(C(=O)N(C)C)C1. The zero-order chi connectivity index (χ0) is 23.2. The molecule has 1 aromatic heterocycles. The first kappa shape index (κ1) is 21.6. The lowest BCUT2D eigenvalue weighted by molar-refractivity contribution is -0.110. The molecule has 2 aliphatic heterocycles.